The van der Waals surface area contributed by atoms with E-state index in [0.717, 1.165) is 11.3 Å². The van der Waals surface area contributed by atoms with E-state index in [1.165, 1.54) is 10.4 Å². The van der Waals surface area contributed by atoms with Crippen molar-refractivity contribution in [3.63, 3.8) is 0 Å². The summed E-state index contributed by atoms with van der Waals surface area (Å²) < 4.78 is 27.3. The topological polar surface area (TPSA) is 57.7 Å². The summed E-state index contributed by atoms with van der Waals surface area (Å²) in [5, 5.41) is 0. The number of piperazine rings is 1. The van der Waals surface area contributed by atoms with Crippen LogP contribution < -0.4 is 0 Å². The van der Waals surface area contributed by atoms with E-state index >= 15 is 0 Å². The summed E-state index contributed by atoms with van der Waals surface area (Å²) in [5.74, 6) is 0.0527. The molecule has 1 saturated heterocycles. The zero-order valence-electron chi connectivity index (χ0n) is 12.9. The lowest BCUT2D eigenvalue weighted by Gasteiger charge is -2.33. The molecule has 0 radical (unpaired) electrons. The quantitative estimate of drug-likeness (QED) is 0.743. The first-order valence-corrected chi connectivity index (χ1v) is 10.2. The normalized spacial score (nSPS) is 17.0. The minimum Gasteiger partial charge on any atom is -0.293 e. The van der Waals surface area contributed by atoms with Gasteiger partial charge in [0.25, 0.3) is 10.0 Å². The lowest BCUT2D eigenvalue weighted by atomic mass is 10.1. The highest BCUT2D eigenvalue weighted by molar-refractivity contribution is 7.91. The predicted octanol–water partition coefficient (Wildman–Crippen LogP) is 2.59. The highest BCUT2D eigenvalue weighted by atomic mass is 35.5. The first-order valence-electron chi connectivity index (χ1n) is 7.53. The van der Waals surface area contributed by atoms with Crippen molar-refractivity contribution in [2.75, 3.05) is 32.7 Å². The first-order chi connectivity index (χ1) is 11.5. The Balaban J connectivity index is 1.59. The SMILES string of the molecule is O=C(CN1CCN(S(=O)(=O)c2ccc(Cl)s2)CC1)c1ccccc1. The Morgan fingerprint density at radius 2 is 1.71 bits per heavy atom. The van der Waals surface area contributed by atoms with E-state index in [0.29, 0.717) is 42.6 Å². The van der Waals surface area contributed by atoms with Crippen molar-refractivity contribution in [3.8, 4) is 0 Å². The Labute approximate surface area is 150 Å². The molecule has 5 nitrogen and oxygen atoms in total. The Kier molecular flexibility index (Phi) is 5.36. The molecule has 0 unspecified atom stereocenters. The fraction of sp³-hybridized carbons (Fsp3) is 0.312. The molecule has 0 amide bonds. The first kappa shape index (κ1) is 17.6. The summed E-state index contributed by atoms with van der Waals surface area (Å²) in [7, 11) is -3.49. The molecule has 1 fully saturated rings. The van der Waals surface area contributed by atoms with Crippen molar-refractivity contribution in [1.82, 2.24) is 9.21 Å². The Morgan fingerprint density at radius 3 is 2.29 bits per heavy atom. The summed E-state index contributed by atoms with van der Waals surface area (Å²) in [6.45, 7) is 2.14. The molecule has 0 saturated carbocycles. The van der Waals surface area contributed by atoms with Crippen LogP contribution in [0.15, 0.2) is 46.7 Å². The van der Waals surface area contributed by atoms with E-state index in [-0.39, 0.29) is 9.99 Å². The van der Waals surface area contributed by atoms with Crippen LogP contribution in [0.25, 0.3) is 0 Å². The molecule has 0 bridgehead atoms. The van der Waals surface area contributed by atoms with Gasteiger partial charge in [0.05, 0.1) is 10.9 Å². The summed E-state index contributed by atoms with van der Waals surface area (Å²) in [6.07, 6.45) is 0. The maximum atomic E-state index is 12.5. The summed E-state index contributed by atoms with van der Waals surface area (Å²) >= 11 is 6.90. The van der Waals surface area contributed by atoms with Crippen molar-refractivity contribution < 1.29 is 13.2 Å². The Hall–Kier alpha value is -1.25. The third-order valence-corrected chi connectivity index (χ3v) is 7.53. The van der Waals surface area contributed by atoms with Crippen molar-refractivity contribution in [2.24, 2.45) is 0 Å². The molecule has 2 heterocycles. The molecule has 8 heteroatoms. The van der Waals surface area contributed by atoms with E-state index in [1.807, 2.05) is 23.1 Å². The summed E-state index contributed by atoms with van der Waals surface area (Å²) in [6, 6.07) is 12.3. The molecule has 0 spiro atoms. The van der Waals surface area contributed by atoms with Crippen molar-refractivity contribution >= 4 is 38.7 Å². The Bertz CT molecular complexity index is 813. The molecule has 1 aliphatic rings. The monoisotopic (exact) mass is 384 g/mol. The number of benzene rings is 1. The van der Waals surface area contributed by atoms with Crippen LogP contribution in [-0.2, 0) is 10.0 Å². The average molecular weight is 385 g/mol. The standard InChI is InChI=1S/C16H17ClN2O3S2/c17-15-6-7-16(23-15)24(21,22)19-10-8-18(9-11-19)12-14(20)13-4-2-1-3-5-13/h1-7H,8-12H2. The maximum Gasteiger partial charge on any atom is 0.252 e. The van der Waals surface area contributed by atoms with Gasteiger partial charge in [0, 0.05) is 31.7 Å². The fourth-order valence-corrected chi connectivity index (χ4v) is 5.67. The van der Waals surface area contributed by atoms with Crippen LogP contribution in [0.5, 0.6) is 0 Å². The molecule has 0 atom stereocenters. The van der Waals surface area contributed by atoms with Gasteiger partial charge in [0.2, 0.25) is 0 Å². The van der Waals surface area contributed by atoms with Crippen molar-refractivity contribution in [3.05, 3.63) is 52.4 Å². The van der Waals surface area contributed by atoms with Crippen LogP contribution >= 0.6 is 22.9 Å². The second-order valence-corrected chi connectivity index (χ2v) is 9.41. The number of nitrogens with zero attached hydrogens (tertiary/aromatic N) is 2. The van der Waals surface area contributed by atoms with Gasteiger partial charge in [-0.2, -0.15) is 4.31 Å². The van der Waals surface area contributed by atoms with E-state index < -0.39 is 10.0 Å². The van der Waals surface area contributed by atoms with Crippen molar-refractivity contribution in [1.29, 1.82) is 0 Å². The number of thiophene rings is 1. The summed E-state index contributed by atoms with van der Waals surface area (Å²) in [4.78, 5) is 14.2. The number of hydrogen-bond donors (Lipinski definition) is 0. The lowest BCUT2D eigenvalue weighted by Crippen LogP contribution is -2.49. The highest BCUT2D eigenvalue weighted by Gasteiger charge is 2.30. The smallest absolute Gasteiger partial charge is 0.252 e. The van der Waals surface area contributed by atoms with E-state index in [1.54, 1.807) is 18.2 Å². The third kappa shape index (κ3) is 3.87. The molecule has 1 aromatic heterocycles. The van der Waals surface area contributed by atoms with Gasteiger partial charge in [-0.25, -0.2) is 8.42 Å². The number of sulfonamides is 1. The van der Waals surface area contributed by atoms with E-state index in [4.69, 9.17) is 11.6 Å². The van der Waals surface area contributed by atoms with Crippen molar-refractivity contribution in [2.45, 2.75) is 4.21 Å². The molecule has 2 aromatic rings. The van der Waals surface area contributed by atoms with Gasteiger partial charge in [-0.15, -0.1) is 11.3 Å². The molecule has 0 N–H and O–H groups in total. The number of rotatable bonds is 5. The van der Waals surface area contributed by atoms with Gasteiger partial charge in [0.15, 0.2) is 5.78 Å². The van der Waals surface area contributed by atoms with E-state index in [2.05, 4.69) is 0 Å². The number of hydrogen-bond acceptors (Lipinski definition) is 5. The molecule has 128 valence electrons. The molecule has 3 rings (SSSR count). The zero-order valence-corrected chi connectivity index (χ0v) is 15.3. The summed E-state index contributed by atoms with van der Waals surface area (Å²) in [5.41, 5.74) is 0.681. The van der Waals surface area contributed by atoms with Gasteiger partial charge in [0.1, 0.15) is 4.21 Å². The number of ketones is 1. The van der Waals surface area contributed by atoms with Gasteiger partial charge in [-0.05, 0) is 12.1 Å². The number of Topliss-reactive ketones (excluding diaryl/α,β-unsaturated/α-hetero) is 1. The predicted molar refractivity (Wildman–Crippen MR) is 95.3 cm³/mol. The molecule has 1 aliphatic heterocycles. The minimum absolute atomic E-state index is 0.0527. The van der Waals surface area contributed by atoms with E-state index in [9.17, 15) is 13.2 Å². The number of carbonyl (C=O) groups excluding carboxylic acids is 1. The van der Waals surface area contributed by atoms with Gasteiger partial charge in [-0.1, -0.05) is 41.9 Å². The number of halogens is 1. The minimum atomic E-state index is -3.49. The third-order valence-electron chi connectivity index (χ3n) is 3.94. The van der Waals surface area contributed by atoms with Gasteiger partial charge < -0.3 is 0 Å². The van der Waals surface area contributed by atoms with Crippen LogP contribution in [0, 0.1) is 0 Å². The molecular weight excluding hydrogens is 368 g/mol. The van der Waals surface area contributed by atoms with Crippen LogP contribution in [0.3, 0.4) is 0 Å². The molecule has 0 aliphatic carbocycles. The average Bonchev–Trinajstić information content (AvgIpc) is 3.03. The lowest BCUT2D eigenvalue weighted by molar-refractivity contribution is 0.0902. The molecular formula is C16H17ClN2O3S2. The fourth-order valence-electron chi connectivity index (χ4n) is 2.61. The van der Waals surface area contributed by atoms with Gasteiger partial charge in [-0.3, -0.25) is 9.69 Å². The van der Waals surface area contributed by atoms with Crippen LogP contribution in [0.2, 0.25) is 4.34 Å². The van der Waals surface area contributed by atoms with Crippen LogP contribution in [-0.4, -0.2) is 56.1 Å². The molecule has 24 heavy (non-hydrogen) atoms. The highest BCUT2D eigenvalue weighted by Crippen LogP contribution is 2.28. The Morgan fingerprint density at radius 1 is 1.04 bits per heavy atom. The largest absolute Gasteiger partial charge is 0.293 e. The number of carbonyl (C=O) groups is 1. The second-order valence-electron chi connectivity index (χ2n) is 5.53. The van der Waals surface area contributed by atoms with Gasteiger partial charge >= 0.3 is 0 Å². The van der Waals surface area contributed by atoms with Crippen LogP contribution in [0.4, 0.5) is 0 Å². The zero-order chi connectivity index (χ0) is 17.2. The van der Waals surface area contributed by atoms with Crippen LogP contribution in [0.1, 0.15) is 10.4 Å². The maximum absolute atomic E-state index is 12.5. The molecule has 1 aromatic carbocycles. The second kappa shape index (κ2) is 7.33.